The molecule has 0 aromatic heterocycles. The van der Waals surface area contributed by atoms with Crippen molar-refractivity contribution in [3.8, 4) is 0 Å². The van der Waals surface area contributed by atoms with Gasteiger partial charge in [-0.1, -0.05) is 35.6 Å². The molecule has 0 saturated carbocycles. The summed E-state index contributed by atoms with van der Waals surface area (Å²) in [4.78, 5) is 25.0. The van der Waals surface area contributed by atoms with Crippen LogP contribution in [0.2, 0.25) is 0 Å². The summed E-state index contributed by atoms with van der Waals surface area (Å²) >= 11 is 2.13. The van der Waals surface area contributed by atoms with Gasteiger partial charge in [0, 0.05) is 18.5 Å². The van der Waals surface area contributed by atoms with Crippen molar-refractivity contribution in [3.63, 3.8) is 0 Å². The molecule has 1 atom stereocenters. The van der Waals surface area contributed by atoms with Crippen LogP contribution in [0.4, 0.5) is 0 Å². The van der Waals surface area contributed by atoms with E-state index in [1.807, 2.05) is 0 Å². The fourth-order valence-corrected chi connectivity index (χ4v) is 2.37. The van der Waals surface area contributed by atoms with Gasteiger partial charge in [0.05, 0.1) is 4.43 Å². The Kier molecular flexibility index (Phi) is 5.94. The van der Waals surface area contributed by atoms with E-state index in [1.165, 1.54) is 0 Å². The minimum atomic E-state index is -0.453. The number of likely N-dealkylation sites (tertiary alicyclic amines) is 1. The van der Waals surface area contributed by atoms with Gasteiger partial charge in [-0.2, -0.15) is 0 Å². The summed E-state index contributed by atoms with van der Waals surface area (Å²) in [6.07, 6.45) is 3.06. The van der Waals surface area contributed by atoms with Crippen LogP contribution >= 0.6 is 22.6 Å². The van der Waals surface area contributed by atoms with E-state index in [0.717, 1.165) is 19.3 Å². The van der Waals surface area contributed by atoms with Crippen molar-refractivity contribution in [2.45, 2.75) is 38.8 Å². The van der Waals surface area contributed by atoms with E-state index in [-0.39, 0.29) is 5.91 Å². The molecule has 1 aliphatic rings. The molecular formula is C12H18INO3. The Hall–Kier alpha value is -0.590. The van der Waals surface area contributed by atoms with Gasteiger partial charge in [-0.25, -0.2) is 4.79 Å². The van der Waals surface area contributed by atoms with Gasteiger partial charge in [0.25, 0.3) is 0 Å². The van der Waals surface area contributed by atoms with Gasteiger partial charge in [0.15, 0.2) is 6.23 Å². The van der Waals surface area contributed by atoms with E-state index < -0.39 is 12.2 Å². The smallest absolute Gasteiger partial charge is 0.335 e. The first-order chi connectivity index (χ1) is 8.06. The fourth-order valence-electron chi connectivity index (χ4n) is 1.71. The molecule has 96 valence electrons. The monoisotopic (exact) mass is 351 g/mol. The summed E-state index contributed by atoms with van der Waals surface area (Å²) in [7, 11) is 0. The third kappa shape index (κ3) is 4.29. The molecule has 0 N–H and O–H groups in total. The number of carbonyl (C=O) groups excluding carboxylic acids is 2. The lowest BCUT2D eigenvalue weighted by Crippen LogP contribution is -2.43. The van der Waals surface area contributed by atoms with E-state index in [2.05, 4.69) is 29.2 Å². The first-order valence-corrected chi connectivity index (χ1v) is 7.30. The topological polar surface area (TPSA) is 46.6 Å². The van der Waals surface area contributed by atoms with Crippen molar-refractivity contribution in [3.05, 3.63) is 12.2 Å². The number of ether oxygens (including phenoxy) is 1. The summed E-state index contributed by atoms with van der Waals surface area (Å²) in [5.74, 6) is -0.345. The van der Waals surface area contributed by atoms with Crippen LogP contribution in [0.15, 0.2) is 12.2 Å². The molecule has 4 nitrogen and oxygen atoms in total. The lowest BCUT2D eigenvalue weighted by atomic mass is 10.2. The van der Waals surface area contributed by atoms with Gasteiger partial charge >= 0.3 is 5.97 Å². The number of halogens is 1. The molecule has 5 heteroatoms. The van der Waals surface area contributed by atoms with Gasteiger partial charge in [-0.3, -0.25) is 4.79 Å². The lowest BCUT2D eigenvalue weighted by Gasteiger charge is -2.29. The number of nitrogens with zero attached hydrogens (tertiary/aromatic N) is 1. The normalized spacial score (nSPS) is 18.5. The lowest BCUT2D eigenvalue weighted by molar-refractivity contribution is -0.158. The predicted octanol–water partition coefficient (Wildman–Crippen LogP) is 2.27. The number of carbonyl (C=O) groups is 2. The maximum atomic E-state index is 11.9. The molecule has 0 aliphatic carbocycles. The van der Waals surface area contributed by atoms with Crippen LogP contribution in [0.5, 0.6) is 0 Å². The van der Waals surface area contributed by atoms with E-state index in [4.69, 9.17) is 4.74 Å². The zero-order valence-electron chi connectivity index (χ0n) is 10.1. The van der Waals surface area contributed by atoms with Gasteiger partial charge in [0.1, 0.15) is 0 Å². The average Bonchev–Trinajstić information content (AvgIpc) is 2.50. The second-order valence-electron chi connectivity index (χ2n) is 4.19. The molecule has 0 radical (unpaired) electrons. The second kappa shape index (κ2) is 6.98. The third-order valence-electron chi connectivity index (χ3n) is 2.68. The number of esters is 1. The Morgan fingerprint density at radius 3 is 2.82 bits per heavy atom. The second-order valence-corrected chi connectivity index (χ2v) is 5.07. The molecule has 1 aliphatic heterocycles. The highest BCUT2D eigenvalue weighted by molar-refractivity contribution is 14.1. The summed E-state index contributed by atoms with van der Waals surface area (Å²) in [5.41, 5.74) is 0.363. The SMILES string of the molecule is C=C(C)C(=O)OC(CI)N1CCCCCC1=O. The standard InChI is InChI=1S/C12H18INO3/c1-9(2)12(16)17-11(8-13)14-7-5-3-4-6-10(14)15/h11H,1,3-8H2,2H3. The summed E-state index contributed by atoms with van der Waals surface area (Å²) in [5, 5.41) is 0. The van der Waals surface area contributed by atoms with Crippen molar-refractivity contribution < 1.29 is 14.3 Å². The number of alkyl halides is 1. The first kappa shape index (κ1) is 14.5. The number of hydrogen-bond donors (Lipinski definition) is 0. The molecule has 0 aromatic carbocycles. The maximum absolute atomic E-state index is 11.9. The van der Waals surface area contributed by atoms with Gasteiger partial charge in [-0.15, -0.1) is 0 Å². The summed E-state index contributed by atoms with van der Waals surface area (Å²) < 4.78 is 5.87. The van der Waals surface area contributed by atoms with Crippen LogP contribution < -0.4 is 0 Å². The van der Waals surface area contributed by atoms with Crippen LogP contribution in [0, 0.1) is 0 Å². The number of amides is 1. The molecule has 1 heterocycles. The minimum Gasteiger partial charge on any atom is -0.437 e. The fraction of sp³-hybridized carbons (Fsp3) is 0.667. The highest BCUT2D eigenvalue weighted by Gasteiger charge is 2.27. The Morgan fingerprint density at radius 1 is 1.53 bits per heavy atom. The quantitative estimate of drug-likeness (QED) is 0.338. The highest BCUT2D eigenvalue weighted by atomic mass is 127. The Bertz CT molecular complexity index is 317. The summed E-state index contributed by atoms with van der Waals surface area (Å²) in [6.45, 7) is 5.83. The minimum absolute atomic E-state index is 0.0821. The molecule has 17 heavy (non-hydrogen) atoms. The first-order valence-electron chi connectivity index (χ1n) is 5.78. The van der Waals surface area contributed by atoms with Crippen molar-refractivity contribution in [2.75, 3.05) is 11.0 Å². The van der Waals surface area contributed by atoms with E-state index in [0.29, 0.717) is 23.0 Å². The molecule has 1 fully saturated rings. The van der Waals surface area contributed by atoms with E-state index in [1.54, 1.807) is 11.8 Å². The van der Waals surface area contributed by atoms with Crippen LogP contribution in [-0.4, -0.2) is 34.0 Å². The van der Waals surface area contributed by atoms with Gasteiger partial charge < -0.3 is 9.64 Å². The molecule has 0 aromatic rings. The molecule has 1 unspecified atom stereocenters. The Balaban J connectivity index is 2.67. The van der Waals surface area contributed by atoms with Crippen molar-refractivity contribution in [2.24, 2.45) is 0 Å². The Labute approximate surface area is 116 Å². The molecular weight excluding hydrogens is 333 g/mol. The molecule has 1 rings (SSSR count). The average molecular weight is 351 g/mol. The van der Waals surface area contributed by atoms with E-state index >= 15 is 0 Å². The third-order valence-corrected chi connectivity index (χ3v) is 3.43. The number of rotatable bonds is 4. The molecule has 0 spiro atoms. The van der Waals surface area contributed by atoms with Crippen molar-refractivity contribution in [1.82, 2.24) is 4.90 Å². The predicted molar refractivity (Wildman–Crippen MR) is 73.8 cm³/mol. The van der Waals surface area contributed by atoms with Crippen LogP contribution in [-0.2, 0) is 14.3 Å². The van der Waals surface area contributed by atoms with Gasteiger partial charge in [-0.05, 0) is 19.8 Å². The molecule has 1 saturated heterocycles. The maximum Gasteiger partial charge on any atom is 0.335 e. The van der Waals surface area contributed by atoms with Crippen LogP contribution in [0.25, 0.3) is 0 Å². The van der Waals surface area contributed by atoms with Crippen molar-refractivity contribution >= 4 is 34.5 Å². The molecule has 1 amide bonds. The largest absolute Gasteiger partial charge is 0.437 e. The van der Waals surface area contributed by atoms with E-state index in [9.17, 15) is 9.59 Å². The zero-order chi connectivity index (χ0) is 12.8. The number of hydrogen-bond acceptors (Lipinski definition) is 3. The van der Waals surface area contributed by atoms with Gasteiger partial charge in [0.2, 0.25) is 5.91 Å². The molecule has 0 bridgehead atoms. The van der Waals surface area contributed by atoms with Crippen LogP contribution in [0.1, 0.15) is 32.6 Å². The van der Waals surface area contributed by atoms with Crippen LogP contribution in [0.3, 0.4) is 0 Å². The highest BCUT2D eigenvalue weighted by Crippen LogP contribution is 2.17. The Morgan fingerprint density at radius 2 is 2.24 bits per heavy atom. The van der Waals surface area contributed by atoms with Crippen molar-refractivity contribution in [1.29, 1.82) is 0 Å². The summed E-state index contributed by atoms with van der Waals surface area (Å²) in [6, 6.07) is 0. The zero-order valence-corrected chi connectivity index (χ0v) is 12.2.